The van der Waals surface area contributed by atoms with E-state index in [9.17, 15) is 19.5 Å². The first-order valence-electron chi connectivity index (χ1n) is 39.1. The van der Waals surface area contributed by atoms with Crippen molar-refractivity contribution in [3.63, 3.8) is 0 Å². The lowest BCUT2D eigenvalue weighted by atomic mass is 10.0. The molecule has 0 N–H and O–H groups in total. The third kappa shape index (κ3) is 74.0. The Morgan fingerprint density at radius 1 is 0.341 bits per heavy atom. The zero-order valence-corrected chi connectivity index (χ0v) is 60.7. The highest BCUT2D eigenvalue weighted by molar-refractivity contribution is 5.70. The van der Waals surface area contributed by atoms with Gasteiger partial charge in [-0.1, -0.05) is 350 Å². The number of aliphatic carboxylic acids is 1. The summed E-state index contributed by atoms with van der Waals surface area (Å²) in [7, 11) is 5.95. The fourth-order valence-electron chi connectivity index (χ4n) is 11.5. The van der Waals surface area contributed by atoms with E-state index in [1.165, 1.54) is 276 Å². The molecule has 0 aromatic carbocycles. The largest absolute Gasteiger partial charge is 0.545 e. The lowest BCUT2D eigenvalue weighted by Gasteiger charge is -2.26. The number of esters is 2. The molecule has 2 unspecified atom stereocenters. The van der Waals surface area contributed by atoms with E-state index >= 15 is 0 Å². The quantitative estimate of drug-likeness (QED) is 0.0195. The van der Waals surface area contributed by atoms with E-state index < -0.39 is 24.3 Å². The average molecular weight is 1280 g/mol. The molecule has 0 aliphatic carbocycles. The van der Waals surface area contributed by atoms with Gasteiger partial charge in [-0.2, -0.15) is 0 Å². The molecule has 9 nitrogen and oxygen atoms in total. The molecule has 91 heavy (non-hydrogen) atoms. The van der Waals surface area contributed by atoms with Gasteiger partial charge < -0.3 is 33.3 Å². The number of unbranched alkanes of at least 4 members (excludes halogenated alkanes) is 46. The van der Waals surface area contributed by atoms with Crippen LogP contribution in [0.15, 0.2) is 72.9 Å². The fourth-order valence-corrected chi connectivity index (χ4v) is 11.5. The summed E-state index contributed by atoms with van der Waals surface area (Å²) in [6.45, 7) is 4.69. The second kappa shape index (κ2) is 72.6. The summed E-state index contributed by atoms with van der Waals surface area (Å²) >= 11 is 0. The first-order valence-corrected chi connectivity index (χ1v) is 39.1. The summed E-state index contributed by atoms with van der Waals surface area (Å²) in [4.78, 5) is 37.6. The van der Waals surface area contributed by atoms with Crippen molar-refractivity contribution in [1.82, 2.24) is 0 Å². The third-order valence-electron chi connectivity index (χ3n) is 17.4. The summed E-state index contributed by atoms with van der Waals surface area (Å²) in [5.74, 6) is -2.26. The van der Waals surface area contributed by atoms with Crippen LogP contribution in [0, 0.1) is 0 Å². The zero-order valence-electron chi connectivity index (χ0n) is 60.7. The van der Waals surface area contributed by atoms with Gasteiger partial charge in [-0.25, -0.2) is 0 Å². The number of hydrogen-bond acceptors (Lipinski definition) is 8. The molecule has 0 saturated heterocycles. The van der Waals surface area contributed by atoms with Crippen LogP contribution in [0.5, 0.6) is 0 Å². The van der Waals surface area contributed by atoms with Crippen molar-refractivity contribution < 1.29 is 42.9 Å². The molecule has 9 heteroatoms. The molecule has 0 fully saturated rings. The van der Waals surface area contributed by atoms with Crippen molar-refractivity contribution in [1.29, 1.82) is 0 Å². The molecule has 0 amide bonds. The highest BCUT2D eigenvalue weighted by atomic mass is 16.7. The number of carboxylic acids is 1. The Balaban J connectivity index is 4.00. The molecular weight excluding hydrogens is 1130 g/mol. The standard InChI is InChI=1S/C82H149NO8/c1-6-8-10-12-14-16-18-20-22-24-26-28-30-32-34-36-38-39-40-41-43-45-47-49-51-53-55-57-59-61-63-65-67-69-71-73-80(85)91-78(77-90-82(81(86)87)88-75-74-83(3,4)5)76-89-79(84)72-70-68-66-64-62-60-58-56-54-52-50-48-46-44-42-37-35-33-31-29-27-25-23-21-19-17-15-13-11-9-7-2/h8,10,14,16,19-22,25-28,78,82H,6-7,9,11-13,15,17-18,23-24,29-77H2,1-5H3/b10-8-,16-14-,21-19-,22-20-,27-25-,28-26-. The Morgan fingerprint density at radius 2 is 0.626 bits per heavy atom. The minimum absolute atomic E-state index is 0.149. The van der Waals surface area contributed by atoms with Crippen molar-refractivity contribution in [3.05, 3.63) is 72.9 Å². The van der Waals surface area contributed by atoms with Crippen LogP contribution < -0.4 is 5.11 Å². The van der Waals surface area contributed by atoms with E-state index in [1.807, 2.05) is 21.1 Å². The van der Waals surface area contributed by atoms with E-state index in [0.717, 1.165) is 64.2 Å². The monoisotopic (exact) mass is 1280 g/mol. The Kier molecular flexibility index (Phi) is 69.9. The van der Waals surface area contributed by atoms with Crippen LogP contribution in [-0.2, 0) is 33.3 Å². The van der Waals surface area contributed by atoms with Gasteiger partial charge in [-0.05, 0) is 83.5 Å². The first-order chi connectivity index (χ1) is 44.6. The Morgan fingerprint density at radius 3 is 0.934 bits per heavy atom. The molecule has 530 valence electrons. The van der Waals surface area contributed by atoms with E-state index in [-0.39, 0.29) is 32.2 Å². The molecule has 0 radical (unpaired) electrons. The van der Waals surface area contributed by atoms with Gasteiger partial charge in [0.25, 0.3) is 0 Å². The van der Waals surface area contributed by atoms with Crippen molar-refractivity contribution in [2.24, 2.45) is 0 Å². The second-order valence-corrected chi connectivity index (χ2v) is 27.6. The summed E-state index contributed by atoms with van der Waals surface area (Å²) < 4.78 is 22.9. The number of carbonyl (C=O) groups is 3. The molecule has 0 rings (SSSR count). The molecular formula is C82H149NO8. The molecule has 0 aromatic rings. The van der Waals surface area contributed by atoms with E-state index in [4.69, 9.17) is 18.9 Å². The van der Waals surface area contributed by atoms with Crippen LogP contribution in [0.4, 0.5) is 0 Å². The molecule has 0 aromatic heterocycles. The summed E-state index contributed by atoms with van der Waals surface area (Å²) in [6.07, 6.45) is 94.5. The van der Waals surface area contributed by atoms with E-state index in [0.29, 0.717) is 23.9 Å². The maximum atomic E-state index is 13.0. The highest BCUT2D eigenvalue weighted by Gasteiger charge is 2.22. The van der Waals surface area contributed by atoms with Gasteiger partial charge in [0.2, 0.25) is 0 Å². The number of hydrogen-bond donors (Lipinski definition) is 0. The number of carboxylic acid groups (broad SMARTS) is 1. The number of likely N-dealkylation sites (N-methyl/N-ethyl adjacent to an activating group) is 1. The van der Waals surface area contributed by atoms with Crippen molar-refractivity contribution in [3.8, 4) is 0 Å². The van der Waals surface area contributed by atoms with Crippen molar-refractivity contribution >= 4 is 17.9 Å². The van der Waals surface area contributed by atoms with E-state index in [1.54, 1.807) is 0 Å². The van der Waals surface area contributed by atoms with Crippen molar-refractivity contribution in [2.75, 3.05) is 47.5 Å². The molecule has 0 aliphatic rings. The van der Waals surface area contributed by atoms with Gasteiger partial charge in [-0.3, -0.25) is 9.59 Å². The highest BCUT2D eigenvalue weighted by Crippen LogP contribution is 2.19. The van der Waals surface area contributed by atoms with Crippen LogP contribution in [0.1, 0.15) is 373 Å². The number of quaternary nitrogens is 1. The van der Waals surface area contributed by atoms with Gasteiger partial charge in [0.15, 0.2) is 12.4 Å². The first kappa shape index (κ1) is 87.7. The number of allylic oxidation sites excluding steroid dienone is 12. The average Bonchev–Trinajstić information content (AvgIpc) is 3.46. The Bertz CT molecular complexity index is 1730. The minimum atomic E-state index is -1.62. The molecule has 2 atom stereocenters. The van der Waals surface area contributed by atoms with Crippen LogP contribution in [0.2, 0.25) is 0 Å². The summed E-state index contributed by atoms with van der Waals surface area (Å²) in [6, 6.07) is 0. The molecule has 0 bridgehead atoms. The second-order valence-electron chi connectivity index (χ2n) is 27.6. The van der Waals surface area contributed by atoms with E-state index in [2.05, 4.69) is 86.8 Å². The van der Waals surface area contributed by atoms with Crippen LogP contribution in [-0.4, -0.2) is 82.3 Å². The third-order valence-corrected chi connectivity index (χ3v) is 17.4. The Hall–Kier alpha value is -3.27. The summed E-state index contributed by atoms with van der Waals surface area (Å²) in [5.41, 5.74) is 0. The van der Waals surface area contributed by atoms with Gasteiger partial charge in [0, 0.05) is 12.8 Å². The number of carbonyl (C=O) groups excluding carboxylic acids is 3. The van der Waals surface area contributed by atoms with Gasteiger partial charge in [0.05, 0.1) is 40.3 Å². The zero-order chi connectivity index (χ0) is 66.1. The predicted molar refractivity (Wildman–Crippen MR) is 389 cm³/mol. The maximum absolute atomic E-state index is 13.0. The predicted octanol–water partition coefficient (Wildman–Crippen LogP) is 23.5. The van der Waals surface area contributed by atoms with Crippen LogP contribution in [0.25, 0.3) is 0 Å². The minimum Gasteiger partial charge on any atom is -0.545 e. The lowest BCUT2D eigenvalue weighted by Crippen LogP contribution is -2.44. The fraction of sp³-hybridized carbons (Fsp3) is 0.817. The van der Waals surface area contributed by atoms with Crippen molar-refractivity contribution in [2.45, 2.75) is 386 Å². The molecule has 0 spiro atoms. The number of nitrogens with zero attached hydrogens (tertiary/aromatic N) is 1. The van der Waals surface area contributed by atoms with Gasteiger partial charge in [-0.15, -0.1) is 0 Å². The SMILES string of the molecule is CC/C=C\C/C=C\C/C=C\C/C=C\CCCCCCCCCCCCCCCCCCCCCCCCC(=O)OC(COC(=O)CCCCCCCCCCCCCCCCCCCCC/C=C\C/C=C\CCCCCCC)COC(OCC[N+](C)(C)C)C(=O)[O-]. The topological polar surface area (TPSA) is 111 Å². The number of ether oxygens (including phenoxy) is 4. The van der Waals surface area contributed by atoms with Gasteiger partial charge in [0.1, 0.15) is 13.2 Å². The molecule has 0 heterocycles. The number of rotatable bonds is 73. The maximum Gasteiger partial charge on any atom is 0.306 e. The normalized spacial score (nSPS) is 13.0. The van der Waals surface area contributed by atoms with Crippen LogP contribution in [0.3, 0.4) is 0 Å². The lowest BCUT2D eigenvalue weighted by molar-refractivity contribution is -0.870. The molecule has 0 aliphatic heterocycles. The molecule has 0 saturated carbocycles. The summed E-state index contributed by atoms with van der Waals surface area (Å²) in [5, 5.41) is 11.9. The smallest absolute Gasteiger partial charge is 0.306 e. The van der Waals surface area contributed by atoms with Gasteiger partial charge >= 0.3 is 11.9 Å². The van der Waals surface area contributed by atoms with Crippen LogP contribution >= 0.6 is 0 Å². The Labute approximate surface area is 564 Å².